The molecule has 1 aliphatic rings. The van der Waals surface area contributed by atoms with Gasteiger partial charge in [-0.2, -0.15) is 0 Å². The lowest BCUT2D eigenvalue weighted by Crippen LogP contribution is -2.42. The predicted octanol–water partition coefficient (Wildman–Crippen LogP) is 3.19. The third-order valence-corrected chi connectivity index (χ3v) is 3.67. The van der Waals surface area contributed by atoms with Crippen LogP contribution in [-0.2, 0) is 4.74 Å². The van der Waals surface area contributed by atoms with Crippen LogP contribution in [0.15, 0.2) is 12.1 Å². The SMILES string of the molecule is CC(C)(C)OC(=O)N1CCC(CNc2ccc(Cl)nn2)CC1. The Morgan fingerprint density at radius 2 is 2.05 bits per heavy atom. The summed E-state index contributed by atoms with van der Waals surface area (Å²) in [6.45, 7) is 7.93. The number of piperidine rings is 1. The second-order valence-corrected chi connectivity index (χ2v) is 6.92. The van der Waals surface area contributed by atoms with Gasteiger partial charge in [-0.1, -0.05) is 11.6 Å². The molecular formula is C15H23ClN4O2. The molecule has 0 atom stereocenters. The largest absolute Gasteiger partial charge is 0.444 e. The molecule has 0 aromatic carbocycles. The van der Waals surface area contributed by atoms with E-state index in [-0.39, 0.29) is 6.09 Å². The number of carbonyl (C=O) groups excluding carboxylic acids is 1. The third kappa shape index (κ3) is 5.33. The monoisotopic (exact) mass is 326 g/mol. The highest BCUT2D eigenvalue weighted by atomic mass is 35.5. The first-order valence-electron chi connectivity index (χ1n) is 7.54. The lowest BCUT2D eigenvalue weighted by molar-refractivity contribution is 0.0188. The Morgan fingerprint density at radius 3 is 2.59 bits per heavy atom. The summed E-state index contributed by atoms with van der Waals surface area (Å²) < 4.78 is 5.39. The number of ether oxygens (including phenoxy) is 1. The van der Waals surface area contributed by atoms with Crippen LogP contribution in [0.25, 0.3) is 0 Å². The number of likely N-dealkylation sites (tertiary alicyclic amines) is 1. The first kappa shape index (κ1) is 16.8. The summed E-state index contributed by atoms with van der Waals surface area (Å²) in [7, 11) is 0. The lowest BCUT2D eigenvalue weighted by atomic mass is 9.97. The van der Waals surface area contributed by atoms with Gasteiger partial charge in [-0.25, -0.2) is 4.79 Å². The second-order valence-electron chi connectivity index (χ2n) is 6.53. The van der Waals surface area contributed by atoms with Gasteiger partial charge in [0.15, 0.2) is 5.15 Å². The van der Waals surface area contributed by atoms with Crippen molar-refractivity contribution in [1.29, 1.82) is 0 Å². The van der Waals surface area contributed by atoms with Crippen LogP contribution >= 0.6 is 11.6 Å². The summed E-state index contributed by atoms with van der Waals surface area (Å²) in [6.07, 6.45) is 1.68. The van der Waals surface area contributed by atoms with Gasteiger partial charge in [0, 0.05) is 19.6 Å². The zero-order valence-corrected chi connectivity index (χ0v) is 14.1. The van der Waals surface area contributed by atoms with Gasteiger partial charge in [-0.3, -0.25) is 0 Å². The molecule has 1 aromatic heterocycles. The van der Waals surface area contributed by atoms with Crippen LogP contribution in [0.4, 0.5) is 10.6 Å². The van der Waals surface area contributed by atoms with Gasteiger partial charge in [0.25, 0.3) is 0 Å². The zero-order valence-electron chi connectivity index (χ0n) is 13.3. The van der Waals surface area contributed by atoms with E-state index in [0.717, 1.165) is 38.3 Å². The molecule has 0 aliphatic carbocycles. The molecule has 1 amide bonds. The highest BCUT2D eigenvalue weighted by molar-refractivity contribution is 6.29. The molecule has 0 unspecified atom stereocenters. The minimum absolute atomic E-state index is 0.220. The topological polar surface area (TPSA) is 67.3 Å². The Kier molecular flexibility index (Phi) is 5.45. The molecule has 1 saturated heterocycles. The molecular weight excluding hydrogens is 304 g/mol. The van der Waals surface area contributed by atoms with Gasteiger partial charge in [0.1, 0.15) is 11.4 Å². The fourth-order valence-electron chi connectivity index (χ4n) is 2.31. The van der Waals surface area contributed by atoms with Gasteiger partial charge in [-0.15, -0.1) is 10.2 Å². The number of nitrogens with zero attached hydrogens (tertiary/aromatic N) is 3. The Balaban J connectivity index is 1.73. The minimum atomic E-state index is -0.442. The Morgan fingerprint density at radius 1 is 1.36 bits per heavy atom. The van der Waals surface area contributed by atoms with Gasteiger partial charge >= 0.3 is 6.09 Å². The quantitative estimate of drug-likeness (QED) is 0.924. The third-order valence-electron chi connectivity index (χ3n) is 3.47. The Labute approximate surface area is 136 Å². The average Bonchev–Trinajstić information content (AvgIpc) is 2.45. The molecule has 2 rings (SSSR count). The molecule has 7 heteroatoms. The Hall–Kier alpha value is -1.56. The first-order valence-corrected chi connectivity index (χ1v) is 7.92. The van der Waals surface area contributed by atoms with Crippen LogP contribution in [0.3, 0.4) is 0 Å². The van der Waals surface area contributed by atoms with Crippen molar-refractivity contribution < 1.29 is 9.53 Å². The lowest BCUT2D eigenvalue weighted by Gasteiger charge is -2.33. The van der Waals surface area contributed by atoms with E-state index in [0.29, 0.717) is 11.1 Å². The maximum absolute atomic E-state index is 12.0. The summed E-state index contributed by atoms with van der Waals surface area (Å²) in [4.78, 5) is 13.8. The molecule has 1 aliphatic heterocycles. The number of aromatic nitrogens is 2. The van der Waals surface area contributed by atoms with Crippen molar-refractivity contribution >= 4 is 23.5 Å². The summed E-state index contributed by atoms with van der Waals surface area (Å²) in [5.41, 5.74) is -0.442. The maximum atomic E-state index is 12.0. The van der Waals surface area contributed by atoms with Crippen molar-refractivity contribution in [2.45, 2.75) is 39.2 Å². The van der Waals surface area contributed by atoms with E-state index in [1.807, 2.05) is 26.8 Å². The molecule has 0 spiro atoms. The molecule has 1 fully saturated rings. The van der Waals surface area contributed by atoms with Crippen molar-refractivity contribution in [3.05, 3.63) is 17.3 Å². The van der Waals surface area contributed by atoms with Crippen molar-refractivity contribution in [3.63, 3.8) is 0 Å². The highest BCUT2D eigenvalue weighted by Gasteiger charge is 2.26. The van der Waals surface area contributed by atoms with E-state index >= 15 is 0 Å². The van der Waals surface area contributed by atoms with Crippen molar-refractivity contribution in [2.75, 3.05) is 25.0 Å². The van der Waals surface area contributed by atoms with E-state index in [2.05, 4.69) is 15.5 Å². The molecule has 122 valence electrons. The molecule has 1 N–H and O–H groups in total. The molecule has 1 aromatic rings. The van der Waals surface area contributed by atoms with Crippen LogP contribution in [0.2, 0.25) is 5.15 Å². The van der Waals surface area contributed by atoms with E-state index in [1.165, 1.54) is 0 Å². The fraction of sp³-hybridized carbons (Fsp3) is 0.667. The molecule has 0 saturated carbocycles. The normalized spacial score (nSPS) is 16.5. The van der Waals surface area contributed by atoms with E-state index < -0.39 is 5.60 Å². The second kappa shape index (κ2) is 7.13. The number of nitrogens with one attached hydrogen (secondary N) is 1. The summed E-state index contributed by atoms with van der Waals surface area (Å²) in [6, 6.07) is 3.52. The molecule has 0 radical (unpaired) electrons. The number of amides is 1. The number of anilines is 1. The fourth-order valence-corrected chi connectivity index (χ4v) is 2.41. The molecule has 2 heterocycles. The van der Waals surface area contributed by atoms with Gasteiger partial charge in [0.2, 0.25) is 0 Å². The number of rotatable bonds is 3. The number of halogens is 1. The van der Waals surface area contributed by atoms with Crippen molar-refractivity contribution in [3.8, 4) is 0 Å². The minimum Gasteiger partial charge on any atom is -0.444 e. The van der Waals surface area contributed by atoms with E-state index in [9.17, 15) is 4.79 Å². The maximum Gasteiger partial charge on any atom is 0.410 e. The average molecular weight is 327 g/mol. The molecule has 22 heavy (non-hydrogen) atoms. The summed E-state index contributed by atoms with van der Waals surface area (Å²) in [5, 5.41) is 11.4. The van der Waals surface area contributed by atoms with Crippen molar-refractivity contribution in [2.24, 2.45) is 5.92 Å². The van der Waals surface area contributed by atoms with Gasteiger partial charge < -0.3 is 15.0 Å². The van der Waals surface area contributed by atoms with Crippen LogP contribution < -0.4 is 5.32 Å². The van der Waals surface area contributed by atoms with Crippen LogP contribution in [0, 0.1) is 5.92 Å². The van der Waals surface area contributed by atoms with Gasteiger partial charge in [-0.05, 0) is 51.7 Å². The Bertz CT molecular complexity index is 493. The predicted molar refractivity (Wildman–Crippen MR) is 86.1 cm³/mol. The van der Waals surface area contributed by atoms with Crippen molar-refractivity contribution in [1.82, 2.24) is 15.1 Å². The summed E-state index contributed by atoms with van der Waals surface area (Å²) in [5.74, 6) is 1.23. The number of hydrogen-bond acceptors (Lipinski definition) is 5. The van der Waals surface area contributed by atoms with Crippen LogP contribution in [0.1, 0.15) is 33.6 Å². The smallest absolute Gasteiger partial charge is 0.410 e. The standard InChI is InChI=1S/C15H23ClN4O2/c1-15(2,3)22-14(21)20-8-6-11(7-9-20)10-17-13-5-4-12(16)18-19-13/h4-5,11H,6-10H2,1-3H3,(H,17,19). The molecule has 6 nitrogen and oxygen atoms in total. The van der Waals surface area contributed by atoms with Crippen LogP contribution in [0.5, 0.6) is 0 Å². The van der Waals surface area contributed by atoms with E-state index in [1.54, 1.807) is 11.0 Å². The van der Waals surface area contributed by atoms with Crippen LogP contribution in [-0.4, -0.2) is 46.4 Å². The van der Waals surface area contributed by atoms with E-state index in [4.69, 9.17) is 16.3 Å². The molecule has 0 bridgehead atoms. The highest BCUT2D eigenvalue weighted by Crippen LogP contribution is 2.20. The zero-order chi connectivity index (χ0) is 16.2. The summed E-state index contributed by atoms with van der Waals surface area (Å²) >= 11 is 5.70. The number of hydrogen-bond donors (Lipinski definition) is 1. The first-order chi connectivity index (χ1) is 10.3. The van der Waals surface area contributed by atoms with Gasteiger partial charge in [0.05, 0.1) is 0 Å². The number of carbonyl (C=O) groups is 1.